The van der Waals surface area contributed by atoms with Crippen molar-refractivity contribution in [1.82, 2.24) is 10.2 Å². The van der Waals surface area contributed by atoms with Crippen molar-refractivity contribution in [3.63, 3.8) is 0 Å². The molecule has 0 spiro atoms. The van der Waals surface area contributed by atoms with E-state index in [0.717, 1.165) is 5.69 Å². The molecule has 0 aliphatic rings. The molecule has 1 aromatic rings. The van der Waals surface area contributed by atoms with E-state index < -0.39 is 7.82 Å². The number of nitrogens with one attached hydrogen (secondary N) is 1. The first kappa shape index (κ1) is 12.2. The lowest BCUT2D eigenvalue weighted by Gasteiger charge is -2.14. The summed E-state index contributed by atoms with van der Waals surface area (Å²) in [6, 6.07) is 1.62. The molecular weight excluding hydrogens is 219 g/mol. The van der Waals surface area contributed by atoms with Crippen molar-refractivity contribution in [3.8, 4) is 5.88 Å². The number of rotatable bonds is 6. The second kappa shape index (κ2) is 5.30. The standard InChI is InChI=1S/C8H15N2O4P/c1-4-12-15(11,13-5-2)14-8-6-7(3)9-10-8/h6H,4-5H2,1-3H3,(H,9,10). The van der Waals surface area contributed by atoms with E-state index in [1.54, 1.807) is 19.9 Å². The highest BCUT2D eigenvalue weighted by atomic mass is 31.2. The third kappa shape index (κ3) is 3.66. The summed E-state index contributed by atoms with van der Waals surface area (Å²) in [6.45, 7) is 5.74. The number of aromatic amines is 1. The van der Waals surface area contributed by atoms with Gasteiger partial charge < -0.3 is 4.52 Å². The van der Waals surface area contributed by atoms with Crippen LogP contribution in [0.2, 0.25) is 0 Å². The van der Waals surface area contributed by atoms with Crippen molar-refractivity contribution in [1.29, 1.82) is 0 Å². The average molecular weight is 234 g/mol. The number of hydrogen-bond acceptors (Lipinski definition) is 5. The van der Waals surface area contributed by atoms with Crippen LogP contribution in [0.3, 0.4) is 0 Å². The Labute approximate surface area is 88.5 Å². The van der Waals surface area contributed by atoms with Gasteiger partial charge in [0.25, 0.3) is 0 Å². The van der Waals surface area contributed by atoms with Gasteiger partial charge in [0.05, 0.1) is 13.2 Å². The van der Waals surface area contributed by atoms with Crippen molar-refractivity contribution >= 4 is 7.82 Å². The number of aryl methyl sites for hydroxylation is 1. The van der Waals surface area contributed by atoms with Crippen LogP contribution in [0.4, 0.5) is 0 Å². The van der Waals surface area contributed by atoms with Crippen molar-refractivity contribution in [2.24, 2.45) is 0 Å². The predicted molar refractivity (Wildman–Crippen MR) is 54.8 cm³/mol. The highest BCUT2D eigenvalue weighted by Gasteiger charge is 2.28. The second-order valence-corrected chi connectivity index (χ2v) is 4.36. The molecule has 0 aliphatic carbocycles. The minimum atomic E-state index is -3.51. The van der Waals surface area contributed by atoms with Gasteiger partial charge in [-0.25, -0.2) is 4.57 Å². The maximum absolute atomic E-state index is 11.9. The molecule has 0 bridgehead atoms. The van der Waals surface area contributed by atoms with Gasteiger partial charge in [0.2, 0.25) is 5.88 Å². The van der Waals surface area contributed by atoms with Gasteiger partial charge >= 0.3 is 7.82 Å². The molecule has 0 radical (unpaired) electrons. The molecule has 0 aliphatic heterocycles. The van der Waals surface area contributed by atoms with Crippen LogP contribution >= 0.6 is 7.82 Å². The fourth-order valence-corrected chi connectivity index (χ4v) is 2.10. The summed E-state index contributed by atoms with van der Waals surface area (Å²) < 4.78 is 26.8. The first-order chi connectivity index (χ1) is 7.09. The monoisotopic (exact) mass is 234 g/mol. The summed E-state index contributed by atoms with van der Waals surface area (Å²) in [5, 5.41) is 6.45. The Kier molecular flexibility index (Phi) is 4.32. The van der Waals surface area contributed by atoms with Crippen molar-refractivity contribution in [2.45, 2.75) is 20.8 Å². The molecule has 7 heteroatoms. The van der Waals surface area contributed by atoms with E-state index in [1.807, 2.05) is 6.92 Å². The van der Waals surface area contributed by atoms with E-state index in [1.165, 1.54) is 0 Å². The van der Waals surface area contributed by atoms with Crippen LogP contribution in [0.5, 0.6) is 5.88 Å². The third-order valence-corrected chi connectivity index (χ3v) is 3.02. The predicted octanol–water partition coefficient (Wildman–Crippen LogP) is 2.28. The van der Waals surface area contributed by atoms with Crippen molar-refractivity contribution in [2.75, 3.05) is 13.2 Å². The molecule has 86 valence electrons. The first-order valence-corrected chi connectivity index (χ1v) is 6.16. The van der Waals surface area contributed by atoms with Crippen LogP contribution in [0.15, 0.2) is 6.07 Å². The summed E-state index contributed by atoms with van der Waals surface area (Å²) in [4.78, 5) is 0. The molecule has 0 saturated carbocycles. The van der Waals surface area contributed by atoms with E-state index in [9.17, 15) is 4.57 Å². The van der Waals surface area contributed by atoms with Crippen LogP contribution < -0.4 is 4.52 Å². The Bertz CT molecular complexity index is 342. The Balaban J connectivity index is 2.70. The molecule has 1 N–H and O–H groups in total. The van der Waals surface area contributed by atoms with Gasteiger partial charge in [-0.2, -0.15) is 0 Å². The second-order valence-electron chi connectivity index (χ2n) is 2.76. The number of phosphoric ester groups is 1. The normalized spacial score (nSPS) is 11.7. The van der Waals surface area contributed by atoms with Crippen molar-refractivity contribution in [3.05, 3.63) is 11.8 Å². The van der Waals surface area contributed by atoms with Crippen LogP contribution in [-0.2, 0) is 13.6 Å². The van der Waals surface area contributed by atoms with Gasteiger partial charge in [-0.05, 0) is 20.8 Å². The summed E-state index contributed by atoms with van der Waals surface area (Å²) in [5.74, 6) is 0.206. The summed E-state index contributed by atoms with van der Waals surface area (Å²) in [5.41, 5.74) is 0.810. The van der Waals surface area contributed by atoms with Crippen LogP contribution in [-0.4, -0.2) is 23.4 Å². The number of H-pyrrole nitrogens is 1. The third-order valence-electron chi connectivity index (χ3n) is 1.46. The van der Waals surface area contributed by atoms with Gasteiger partial charge in [0, 0.05) is 11.8 Å². The average Bonchev–Trinajstić information content (AvgIpc) is 2.51. The Morgan fingerprint density at radius 3 is 2.40 bits per heavy atom. The van der Waals surface area contributed by atoms with E-state index in [0.29, 0.717) is 0 Å². The maximum atomic E-state index is 11.9. The van der Waals surface area contributed by atoms with E-state index in [4.69, 9.17) is 13.6 Å². The quantitative estimate of drug-likeness (QED) is 0.764. The molecule has 15 heavy (non-hydrogen) atoms. The molecule has 0 saturated heterocycles. The fourth-order valence-electron chi connectivity index (χ4n) is 0.961. The molecule has 1 aromatic heterocycles. The number of hydrogen-bond donors (Lipinski definition) is 1. The van der Waals surface area contributed by atoms with Gasteiger partial charge in [-0.15, -0.1) is 5.10 Å². The van der Waals surface area contributed by atoms with Crippen LogP contribution in [0.1, 0.15) is 19.5 Å². The molecule has 1 rings (SSSR count). The number of phosphoric acid groups is 1. The number of aromatic nitrogens is 2. The first-order valence-electron chi connectivity index (χ1n) is 4.70. The Morgan fingerprint density at radius 2 is 2.00 bits per heavy atom. The van der Waals surface area contributed by atoms with Gasteiger partial charge in [0.15, 0.2) is 0 Å². The highest BCUT2D eigenvalue weighted by molar-refractivity contribution is 7.48. The summed E-state index contributed by atoms with van der Waals surface area (Å²) >= 11 is 0. The number of nitrogens with zero attached hydrogens (tertiary/aromatic N) is 1. The molecule has 0 aromatic carbocycles. The molecule has 0 atom stereocenters. The SMILES string of the molecule is CCOP(=O)(OCC)Oc1cc(C)[nH]n1. The van der Waals surface area contributed by atoms with Crippen LogP contribution in [0.25, 0.3) is 0 Å². The van der Waals surface area contributed by atoms with Gasteiger partial charge in [0.1, 0.15) is 0 Å². The molecular formula is C8H15N2O4P. The molecule has 0 amide bonds. The fraction of sp³-hybridized carbons (Fsp3) is 0.625. The summed E-state index contributed by atoms with van der Waals surface area (Å²) in [7, 11) is -3.51. The maximum Gasteiger partial charge on any atom is 0.531 e. The Hall–Kier alpha value is -0.840. The van der Waals surface area contributed by atoms with Gasteiger partial charge in [-0.1, -0.05) is 0 Å². The molecule has 0 fully saturated rings. The minimum absolute atomic E-state index is 0.206. The largest absolute Gasteiger partial charge is 0.531 e. The summed E-state index contributed by atoms with van der Waals surface area (Å²) in [6.07, 6.45) is 0. The zero-order valence-electron chi connectivity index (χ0n) is 9.02. The highest BCUT2D eigenvalue weighted by Crippen LogP contribution is 2.48. The molecule has 0 unspecified atom stereocenters. The van der Waals surface area contributed by atoms with Gasteiger partial charge in [-0.3, -0.25) is 14.1 Å². The minimum Gasteiger partial charge on any atom is -0.384 e. The Morgan fingerprint density at radius 1 is 1.40 bits per heavy atom. The van der Waals surface area contributed by atoms with Crippen molar-refractivity contribution < 1.29 is 18.1 Å². The zero-order chi connectivity index (χ0) is 11.3. The van der Waals surface area contributed by atoms with Crippen LogP contribution in [0, 0.1) is 6.92 Å². The van der Waals surface area contributed by atoms with E-state index in [2.05, 4.69) is 10.2 Å². The lowest BCUT2D eigenvalue weighted by molar-refractivity contribution is 0.166. The topological polar surface area (TPSA) is 73.4 Å². The zero-order valence-corrected chi connectivity index (χ0v) is 9.91. The van der Waals surface area contributed by atoms with E-state index in [-0.39, 0.29) is 19.1 Å². The van der Waals surface area contributed by atoms with E-state index >= 15 is 0 Å². The lowest BCUT2D eigenvalue weighted by Crippen LogP contribution is -2.02. The molecule has 6 nitrogen and oxygen atoms in total. The lowest BCUT2D eigenvalue weighted by atomic mass is 10.5. The smallest absolute Gasteiger partial charge is 0.384 e. The molecule has 1 heterocycles.